The van der Waals surface area contributed by atoms with Crippen LogP contribution in [0.3, 0.4) is 0 Å². The van der Waals surface area contributed by atoms with Crippen LogP contribution in [0.15, 0.2) is 77.6 Å². The monoisotopic (exact) mass is 411 g/mol. The normalized spacial score (nSPS) is 10.9. The summed E-state index contributed by atoms with van der Waals surface area (Å²) in [4.78, 5) is 30.0. The molecule has 4 rings (SSSR count). The van der Waals surface area contributed by atoms with E-state index in [0.717, 1.165) is 29.8 Å². The zero-order valence-electron chi connectivity index (χ0n) is 17.8. The number of carbonyl (C=O) groups excluding carboxylic acids is 1. The van der Waals surface area contributed by atoms with E-state index in [1.165, 1.54) is 5.56 Å². The van der Waals surface area contributed by atoms with Gasteiger partial charge in [0.05, 0.1) is 16.6 Å². The number of hydrogen-bond donors (Lipinski definition) is 1. The minimum absolute atomic E-state index is 0.00694. The molecule has 0 atom stereocenters. The molecule has 0 saturated heterocycles. The molecule has 5 nitrogen and oxygen atoms in total. The molecule has 0 radical (unpaired) electrons. The second-order valence-electron chi connectivity index (χ2n) is 7.70. The van der Waals surface area contributed by atoms with Gasteiger partial charge in [-0.25, -0.2) is 4.98 Å². The second-order valence-corrected chi connectivity index (χ2v) is 7.70. The number of nitrogens with one attached hydrogen (secondary N) is 1. The fraction of sp³-hybridized carbons (Fsp3) is 0.192. The summed E-state index contributed by atoms with van der Waals surface area (Å²) in [7, 11) is 0. The maximum atomic E-state index is 13.0. The number of aromatic nitrogens is 2. The number of rotatable bonds is 6. The van der Waals surface area contributed by atoms with Gasteiger partial charge in [0.25, 0.3) is 5.56 Å². The maximum Gasteiger partial charge on any atom is 0.265 e. The van der Waals surface area contributed by atoms with E-state index in [1.54, 1.807) is 10.6 Å². The number of fused-ring (bicyclic) bond motifs is 1. The third kappa shape index (κ3) is 4.56. The molecular formula is C26H25N3O2. The smallest absolute Gasteiger partial charge is 0.265 e. The zero-order valence-corrected chi connectivity index (χ0v) is 17.8. The highest BCUT2D eigenvalue weighted by atomic mass is 16.1. The van der Waals surface area contributed by atoms with Crippen LogP contribution in [0.2, 0.25) is 0 Å². The minimum atomic E-state index is -0.0970. The van der Waals surface area contributed by atoms with Gasteiger partial charge >= 0.3 is 0 Å². The molecule has 3 aromatic carbocycles. The molecule has 4 aromatic rings. The van der Waals surface area contributed by atoms with Crippen molar-refractivity contribution in [1.82, 2.24) is 9.55 Å². The summed E-state index contributed by atoms with van der Waals surface area (Å²) in [5.41, 5.74) is 4.22. The number of nitrogens with zero attached hydrogens (tertiary/aromatic N) is 2. The van der Waals surface area contributed by atoms with Crippen molar-refractivity contribution in [3.8, 4) is 5.69 Å². The van der Waals surface area contributed by atoms with E-state index in [0.29, 0.717) is 23.1 Å². The Hall–Kier alpha value is -3.73. The lowest BCUT2D eigenvalue weighted by atomic mass is 10.1. The van der Waals surface area contributed by atoms with Crippen LogP contribution >= 0.6 is 0 Å². The van der Waals surface area contributed by atoms with Gasteiger partial charge in [-0.15, -0.1) is 0 Å². The summed E-state index contributed by atoms with van der Waals surface area (Å²) in [6, 6.07) is 23.1. The van der Waals surface area contributed by atoms with Crippen LogP contribution in [-0.4, -0.2) is 15.5 Å². The first-order valence-electron chi connectivity index (χ1n) is 10.5. The van der Waals surface area contributed by atoms with Gasteiger partial charge in [-0.3, -0.25) is 14.2 Å². The van der Waals surface area contributed by atoms with E-state index in [2.05, 4.69) is 22.4 Å². The molecule has 0 fully saturated rings. The Morgan fingerprint density at radius 2 is 1.71 bits per heavy atom. The highest BCUT2D eigenvalue weighted by Crippen LogP contribution is 2.20. The first-order chi connectivity index (χ1) is 15.0. The molecule has 0 unspecified atom stereocenters. The van der Waals surface area contributed by atoms with Crippen LogP contribution in [-0.2, 0) is 11.2 Å². The van der Waals surface area contributed by atoms with Crippen molar-refractivity contribution in [1.29, 1.82) is 0 Å². The highest BCUT2D eigenvalue weighted by Gasteiger charge is 2.12. The van der Waals surface area contributed by atoms with Crippen molar-refractivity contribution in [3.63, 3.8) is 0 Å². The molecular weight excluding hydrogens is 386 g/mol. The van der Waals surface area contributed by atoms with E-state index in [4.69, 9.17) is 0 Å². The van der Waals surface area contributed by atoms with E-state index < -0.39 is 0 Å². The van der Waals surface area contributed by atoms with Crippen LogP contribution in [0.25, 0.3) is 16.6 Å². The summed E-state index contributed by atoms with van der Waals surface area (Å²) in [5.74, 6) is 0.619. The van der Waals surface area contributed by atoms with Gasteiger partial charge in [-0.05, 0) is 68.1 Å². The fourth-order valence-electron chi connectivity index (χ4n) is 3.79. The molecule has 0 aliphatic rings. The number of anilines is 1. The van der Waals surface area contributed by atoms with Crippen molar-refractivity contribution < 1.29 is 4.79 Å². The van der Waals surface area contributed by atoms with Crippen LogP contribution in [0, 0.1) is 13.8 Å². The number of amides is 1. The number of carbonyl (C=O) groups is 1. The van der Waals surface area contributed by atoms with Crippen molar-refractivity contribution in [2.75, 3.05) is 5.32 Å². The van der Waals surface area contributed by atoms with E-state index in [9.17, 15) is 9.59 Å². The predicted molar refractivity (Wildman–Crippen MR) is 125 cm³/mol. The Bertz CT molecular complexity index is 1290. The lowest BCUT2D eigenvalue weighted by Gasteiger charge is -2.14. The topological polar surface area (TPSA) is 64.0 Å². The Balaban J connectivity index is 1.49. The van der Waals surface area contributed by atoms with Gasteiger partial charge in [0.2, 0.25) is 5.91 Å². The lowest BCUT2D eigenvalue weighted by molar-refractivity contribution is -0.116. The van der Waals surface area contributed by atoms with Crippen molar-refractivity contribution in [2.45, 2.75) is 33.1 Å². The summed E-state index contributed by atoms with van der Waals surface area (Å²) in [6.07, 6.45) is 2.14. The van der Waals surface area contributed by atoms with Gasteiger partial charge < -0.3 is 5.32 Å². The SMILES string of the molecule is Cc1cc(-n2c(C)nc3ccccc3c2=O)ccc1NC(=O)CCCc1ccccc1. The third-order valence-electron chi connectivity index (χ3n) is 5.40. The van der Waals surface area contributed by atoms with Crippen LogP contribution in [0.5, 0.6) is 0 Å². The summed E-state index contributed by atoms with van der Waals surface area (Å²) >= 11 is 0. The molecule has 1 heterocycles. The fourth-order valence-corrected chi connectivity index (χ4v) is 3.79. The molecule has 1 amide bonds. The number of hydrogen-bond acceptors (Lipinski definition) is 3. The predicted octanol–water partition coefficient (Wildman–Crippen LogP) is 4.96. The quantitative estimate of drug-likeness (QED) is 0.487. The van der Waals surface area contributed by atoms with Gasteiger partial charge in [0, 0.05) is 12.1 Å². The Kier molecular flexibility index (Phi) is 5.94. The Morgan fingerprint density at radius 3 is 2.48 bits per heavy atom. The van der Waals surface area contributed by atoms with Crippen LogP contribution in [0.4, 0.5) is 5.69 Å². The lowest BCUT2D eigenvalue weighted by Crippen LogP contribution is -2.22. The van der Waals surface area contributed by atoms with E-state index in [-0.39, 0.29) is 11.5 Å². The molecule has 0 saturated carbocycles. The van der Waals surface area contributed by atoms with Gasteiger partial charge in [0.1, 0.15) is 5.82 Å². The molecule has 5 heteroatoms. The first-order valence-corrected chi connectivity index (χ1v) is 10.5. The zero-order chi connectivity index (χ0) is 21.8. The van der Waals surface area contributed by atoms with Gasteiger partial charge in [0.15, 0.2) is 0 Å². The minimum Gasteiger partial charge on any atom is -0.326 e. The number of aryl methyl sites for hydroxylation is 3. The molecule has 156 valence electrons. The highest BCUT2D eigenvalue weighted by molar-refractivity contribution is 5.91. The Labute approximate surface area is 181 Å². The van der Waals surface area contributed by atoms with E-state index >= 15 is 0 Å². The van der Waals surface area contributed by atoms with Gasteiger partial charge in [-0.1, -0.05) is 42.5 Å². The molecule has 0 aliphatic heterocycles. The van der Waals surface area contributed by atoms with Crippen molar-refractivity contribution in [3.05, 3.63) is 100 Å². The largest absolute Gasteiger partial charge is 0.326 e. The molecule has 0 bridgehead atoms. The summed E-state index contributed by atoms with van der Waals surface area (Å²) < 4.78 is 1.61. The maximum absolute atomic E-state index is 13.0. The first kappa shape index (κ1) is 20.5. The molecule has 31 heavy (non-hydrogen) atoms. The third-order valence-corrected chi connectivity index (χ3v) is 5.40. The van der Waals surface area contributed by atoms with Crippen molar-refractivity contribution in [2.24, 2.45) is 0 Å². The standard InChI is InChI=1S/C26H25N3O2/c1-18-17-21(29-19(2)27-24-13-7-6-12-22(24)26(29)31)15-16-23(18)28-25(30)14-8-11-20-9-4-3-5-10-20/h3-7,9-10,12-13,15-17H,8,11,14H2,1-2H3,(H,28,30). The molecule has 1 N–H and O–H groups in total. The molecule has 0 aliphatic carbocycles. The van der Waals surface area contributed by atoms with Crippen LogP contribution < -0.4 is 10.9 Å². The molecule has 1 aromatic heterocycles. The van der Waals surface area contributed by atoms with Crippen LogP contribution in [0.1, 0.15) is 29.8 Å². The Morgan fingerprint density at radius 1 is 0.968 bits per heavy atom. The average molecular weight is 412 g/mol. The average Bonchev–Trinajstić information content (AvgIpc) is 2.76. The number of benzene rings is 3. The van der Waals surface area contributed by atoms with E-state index in [1.807, 2.05) is 68.4 Å². The second kappa shape index (κ2) is 8.96. The summed E-state index contributed by atoms with van der Waals surface area (Å²) in [6.45, 7) is 3.75. The molecule has 0 spiro atoms. The summed E-state index contributed by atoms with van der Waals surface area (Å²) in [5, 5.41) is 3.58. The number of para-hydroxylation sites is 1. The van der Waals surface area contributed by atoms with Gasteiger partial charge in [-0.2, -0.15) is 0 Å². The van der Waals surface area contributed by atoms with Crippen molar-refractivity contribution >= 4 is 22.5 Å².